The lowest BCUT2D eigenvalue weighted by Gasteiger charge is -2.12. The second-order valence-electron chi connectivity index (χ2n) is 4.15. The number of carbonyl (C=O) groups is 1. The maximum absolute atomic E-state index is 11.9. The minimum atomic E-state index is 0.0988. The Bertz CT molecular complexity index is 330. The molecule has 0 saturated carbocycles. The summed E-state index contributed by atoms with van der Waals surface area (Å²) in [5, 5.41) is 0.218. The van der Waals surface area contributed by atoms with Gasteiger partial charge >= 0.3 is 0 Å². The summed E-state index contributed by atoms with van der Waals surface area (Å²) in [4.78, 5) is 11.9. The molecule has 1 atom stereocenters. The SMILES string of the molecule is CCCCC(CC)CC(=O)c1ccoc1Cl. The Morgan fingerprint density at radius 3 is 2.75 bits per heavy atom. The molecule has 0 spiro atoms. The predicted molar refractivity (Wildman–Crippen MR) is 66.0 cm³/mol. The number of carbonyl (C=O) groups excluding carboxylic acids is 1. The summed E-state index contributed by atoms with van der Waals surface area (Å²) in [5.41, 5.74) is 0.525. The van der Waals surface area contributed by atoms with Crippen LogP contribution in [0.15, 0.2) is 16.7 Å². The summed E-state index contributed by atoms with van der Waals surface area (Å²) in [7, 11) is 0. The van der Waals surface area contributed by atoms with Crippen LogP contribution in [0.25, 0.3) is 0 Å². The Hall–Kier alpha value is -0.760. The van der Waals surface area contributed by atoms with Gasteiger partial charge in [-0.1, -0.05) is 39.5 Å². The molecular formula is C13H19ClO2. The Balaban J connectivity index is 2.52. The van der Waals surface area contributed by atoms with Gasteiger partial charge in [-0.25, -0.2) is 0 Å². The van der Waals surface area contributed by atoms with Crippen molar-refractivity contribution in [2.24, 2.45) is 5.92 Å². The second-order valence-corrected chi connectivity index (χ2v) is 4.50. The van der Waals surface area contributed by atoms with Crippen molar-refractivity contribution >= 4 is 17.4 Å². The van der Waals surface area contributed by atoms with E-state index in [9.17, 15) is 4.79 Å². The van der Waals surface area contributed by atoms with Crippen molar-refractivity contribution in [1.29, 1.82) is 0 Å². The van der Waals surface area contributed by atoms with E-state index in [0.717, 1.165) is 12.8 Å². The van der Waals surface area contributed by atoms with Crippen LogP contribution in [0, 0.1) is 5.92 Å². The summed E-state index contributed by atoms with van der Waals surface area (Å²) in [6.45, 7) is 4.30. The third kappa shape index (κ3) is 3.67. The van der Waals surface area contributed by atoms with Crippen LogP contribution >= 0.6 is 11.6 Å². The zero-order valence-corrected chi connectivity index (χ0v) is 10.7. The monoisotopic (exact) mass is 242 g/mol. The van der Waals surface area contributed by atoms with Crippen LogP contribution < -0.4 is 0 Å². The van der Waals surface area contributed by atoms with Crippen molar-refractivity contribution in [3.8, 4) is 0 Å². The maximum atomic E-state index is 11.9. The lowest BCUT2D eigenvalue weighted by Crippen LogP contribution is -2.08. The highest BCUT2D eigenvalue weighted by atomic mass is 35.5. The first kappa shape index (κ1) is 13.3. The van der Waals surface area contributed by atoms with E-state index in [2.05, 4.69) is 13.8 Å². The van der Waals surface area contributed by atoms with Gasteiger partial charge in [0.1, 0.15) is 0 Å². The highest BCUT2D eigenvalue weighted by molar-refractivity contribution is 6.32. The molecule has 0 N–H and O–H groups in total. The van der Waals surface area contributed by atoms with Gasteiger partial charge in [0.05, 0.1) is 11.8 Å². The van der Waals surface area contributed by atoms with Crippen LogP contribution in [-0.4, -0.2) is 5.78 Å². The average molecular weight is 243 g/mol. The molecule has 1 heterocycles. The molecule has 90 valence electrons. The largest absolute Gasteiger partial charge is 0.452 e. The van der Waals surface area contributed by atoms with Gasteiger partial charge in [-0.05, 0) is 23.6 Å². The Morgan fingerprint density at radius 2 is 2.25 bits per heavy atom. The molecule has 0 radical (unpaired) electrons. The minimum absolute atomic E-state index is 0.0988. The number of unbranched alkanes of at least 4 members (excludes halogenated alkanes) is 1. The van der Waals surface area contributed by atoms with Crippen LogP contribution in [0.1, 0.15) is 56.3 Å². The number of Topliss-reactive ketones (excluding diaryl/α,β-unsaturated/α-hetero) is 1. The Morgan fingerprint density at radius 1 is 1.50 bits per heavy atom. The average Bonchev–Trinajstić information content (AvgIpc) is 2.70. The van der Waals surface area contributed by atoms with E-state index < -0.39 is 0 Å². The van der Waals surface area contributed by atoms with Gasteiger partial charge < -0.3 is 4.42 Å². The van der Waals surface area contributed by atoms with Crippen molar-refractivity contribution < 1.29 is 9.21 Å². The standard InChI is InChI=1S/C13H19ClO2/c1-3-5-6-10(4-2)9-12(15)11-7-8-16-13(11)14/h7-8,10H,3-6,9H2,1-2H3. The molecule has 0 fully saturated rings. The van der Waals surface area contributed by atoms with Gasteiger partial charge in [0.25, 0.3) is 0 Å². The van der Waals surface area contributed by atoms with E-state index in [-0.39, 0.29) is 11.0 Å². The fourth-order valence-corrected chi connectivity index (χ4v) is 2.03. The molecule has 1 unspecified atom stereocenters. The molecule has 1 aromatic rings. The van der Waals surface area contributed by atoms with Crippen molar-refractivity contribution in [1.82, 2.24) is 0 Å². The first-order valence-electron chi connectivity index (χ1n) is 5.95. The minimum Gasteiger partial charge on any atom is -0.452 e. The van der Waals surface area contributed by atoms with Gasteiger partial charge in [0.2, 0.25) is 5.22 Å². The summed E-state index contributed by atoms with van der Waals surface area (Å²) >= 11 is 5.78. The highest BCUT2D eigenvalue weighted by Gasteiger charge is 2.17. The van der Waals surface area contributed by atoms with Crippen LogP contribution in [0.2, 0.25) is 5.22 Å². The number of hydrogen-bond donors (Lipinski definition) is 0. The summed E-state index contributed by atoms with van der Waals surface area (Å²) in [6.07, 6.45) is 6.57. The first-order valence-corrected chi connectivity index (χ1v) is 6.33. The van der Waals surface area contributed by atoms with E-state index >= 15 is 0 Å². The summed E-state index contributed by atoms with van der Waals surface area (Å²) in [5.74, 6) is 0.570. The highest BCUT2D eigenvalue weighted by Crippen LogP contribution is 2.23. The lowest BCUT2D eigenvalue weighted by molar-refractivity contribution is 0.0956. The molecule has 1 rings (SSSR count). The van der Waals surface area contributed by atoms with Gasteiger partial charge in [-0.3, -0.25) is 4.79 Å². The smallest absolute Gasteiger partial charge is 0.203 e. The molecule has 0 aliphatic heterocycles. The van der Waals surface area contributed by atoms with Crippen LogP contribution in [-0.2, 0) is 0 Å². The van der Waals surface area contributed by atoms with Gasteiger partial charge in [-0.2, -0.15) is 0 Å². The van der Waals surface area contributed by atoms with Crippen LogP contribution in [0.3, 0.4) is 0 Å². The van der Waals surface area contributed by atoms with Crippen molar-refractivity contribution in [2.45, 2.75) is 46.0 Å². The second kappa shape index (κ2) is 6.74. The molecule has 3 heteroatoms. The molecular weight excluding hydrogens is 224 g/mol. The van der Waals surface area contributed by atoms with E-state index in [1.807, 2.05) is 0 Å². The molecule has 1 aromatic heterocycles. The number of ketones is 1. The third-order valence-corrected chi connectivity index (χ3v) is 3.23. The number of furan rings is 1. The zero-order valence-electron chi connectivity index (χ0n) is 9.96. The number of rotatable bonds is 7. The fourth-order valence-electron chi connectivity index (χ4n) is 1.81. The number of halogens is 1. The van der Waals surface area contributed by atoms with E-state index in [0.29, 0.717) is 17.9 Å². The molecule has 0 aliphatic carbocycles. The third-order valence-electron chi connectivity index (χ3n) is 2.94. The Labute approximate surface area is 102 Å². The summed E-state index contributed by atoms with van der Waals surface area (Å²) in [6, 6.07) is 1.65. The van der Waals surface area contributed by atoms with Crippen molar-refractivity contribution in [3.63, 3.8) is 0 Å². The molecule has 0 aliphatic rings. The molecule has 0 amide bonds. The molecule has 0 aromatic carbocycles. The fraction of sp³-hybridized carbons (Fsp3) is 0.615. The van der Waals surface area contributed by atoms with E-state index in [1.54, 1.807) is 6.07 Å². The van der Waals surface area contributed by atoms with Gasteiger partial charge in [0.15, 0.2) is 5.78 Å². The lowest BCUT2D eigenvalue weighted by atomic mass is 9.92. The first-order chi connectivity index (χ1) is 7.69. The Kier molecular flexibility index (Phi) is 5.61. The molecule has 0 bridgehead atoms. The molecule has 2 nitrogen and oxygen atoms in total. The zero-order chi connectivity index (χ0) is 12.0. The van der Waals surface area contributed by atoms with Crippen LogP contribution in [0.5, 0.6) is 0 Å². The summed E-state index contributed by atoms with van der Waals surface area (Å²) < 4.78 is 4.93. The maximum Gasteiger partial charge on any atom is 0.203 e. The van der Waals surface area contributed by atoms with E-state index in [1.165, 1.54) is 19.1 Å². The predicted octanol–water partition coefficient (Wildman–Crippen LogP) is 4.72. The topological polar surface area (TPSA) is 30.2 Å². The van der Waals surface area contributed by atoms with E-state index in [4.69, 9.17) is 16.0 Å². The van der Waals surface area contributed by atoms with Gasteiger partial charge in [0, 0.05) is 6.42 Å². The normalized spacial score (nSPS) is 12.7. The van der Waals surface area contributed by atoms with Gasteiger partial charge in [-0.15, -0.1) is 0 Å². The number of hydrogen-bond acceptors (Lipinski definition) is 2. The quantitative estimate of drug-likeness (QED) is 0.648. The molecule has 0 saturated heterocycles. The molecule has 16 heavy (non-hydrogen) atoms. The van der Waals surface area contributed by atoms with Crippen molar-refractivity contribution in [3.05, 3.63) is 23.1 Å². The van der Waals surface area contributed by atoms with Crippen LogP contribution in [0.4, 0.5) is 0 Å². The van der Waals surface area contributed by atoms with Crippen molar-refractivity contribution in [2.75, 3.05) is 0 Å².